The van der Waals surface area contributed by atoms with Crippen molar-refractivity contribution < 1.29 is 159 Å². The van der Waals surface area contributed by atoms with Crippen LogP contribution in [0.3, 0.4) is 0 Å². The molecule has 0 atom stereocenters. The number of carbonyl (C=O) groups excluding carboxylic acids is 8. The zero-order chi connectivity index (χ0) is 20.6. The molecule has 0 spiro atoms. The molecule has 142 valence electrons. The van der Waals surface area contributed by atoms with E-state index in [9.17, 15) is 0 Å². The molecule has 0 aromatic carbocycles. The Hall–Kier alpha value is -1.55. The zero-order valence-electron chi connectivity index (χ0n) is 12.9. The van der Waals surface area contributed by atoms with Crippen LogP contribution >= 0.6 is 0 Å². The van der Waals surface area contributed by atoms with Crippen molar-refractivity contribution in [3.8, 4) is 0 Å². The molecule has 0 aromatic heterocycles. The van der Waals surface area contributed by atoms with E-state index in [-0.39, 0.29) is 80.2 Å². The molecule has 0 fully saturated rings. The Kier molecular flexibility index (Phi) is 44.2. The van der Waals surface area contributed by atoms with E-state index >= 15 is 0 Å². The molecule has 0 rings (SSSR count). The standard InChI is InChI=1S/4C2H2O4.2Na.W/c4*3-1(4)2(5)6;;;/h4*(H,3,4)(H,5,6);;;/q;;;;2*+1;/p-8. The molecule has 0 saturated carbocycles. The van der Waals surface area contributed by atoms with Gasteiger partial charge in [-0.15, -0.1) is 0 Å². The van der Waals surface area contributed by atoms with Crippen molar-refractivity contribution in [1.29, 1.82) is 0 Å². The molecule has 19 heteroatoms. The third-order valence-electron chi connectivity index (χ3n) is 0.667. The van der Waals surface area contributed by atoms with E-state index in [1.807, 2.05) is 0 Å². The summed E-state index contributed by atoms with van der Waals surface area (Å²) in [6, 6.07) is 0. The van der Waals surface area contributed by atoms with Crippen molar-refractivity contribution in [2.45, 2.75) is 0 Å². The first-order valence-corrected chi connectivity index (χ1v) is 4.27. The summed E-state index contributed by atoms with van der Waals surface area (Å²) in [6.07, 6.45) is 0. The van der Waals surface area contributed by atoms with Crippen molar-refractivity contribution in [3.05, 3.63) is 0 Å². The van der Waals surface area contributed by atoms with Crippen LogP contribution in [0, 0.1) is 0 Å². The van der Waals surface area contributed by atoms with Gasteiger partial charge in [0.25, 0.3) is 0 Å². The zero-order valence-corrected chi connectivity index (χ0v) is 19.9. The van der Waals surface area contributed by atoms with Crippen LogP contribution in [-0.4, -0.2) is 47.8 Å². The van der Waals surface area contributed by atoms with Gasteiger partial charge in [-0.25, -0.2) is 0 Å². The second kappa shape index (κ2) is 26.7. The number of aliphatic carboxylic acids is 8. The van der Waals surface area contributed by atoms with Gasteiger partial charge in [-0.3, -0.25) is 0 Å². The normalized spacial score (nSPS) is 6.52. The molecule has 0 unspecified atom stereocenters. The van der Waals surface area contributed by atoms with Gasteiger partial charge in [0.05, 0.1) is 47.8 Å². The van der Waals surface area contributed by atoms with Crippen molar-refractivity contribution in [3.63, 3.8) is 0 Å². The first-order valence-electron chi connectivity index (χ1n) is 4.27. The first-order chi connectivity index (χ1) is 10.6. The van der Waals surface area contributed by atoms with Crippen LogP contribution in [0.1, 0.15) is 0 Å². The van der Waals surface area contributed by atoms with E-state index in [4.69, 9.17) is 79.2 Å². The number of rotatable bonds is 0. The maximum absolute atomic E-state index is 8.93. The summed E-state index contributed by atoms with van der Waals surface area (Å²) < 4.78 is 0. The average Bonchev–Trinajstić information content (AvgIpc) is 2.40. The molecule has 0 radical (unpaired) electrons. The van der Waals surface area contributed by atoms with Crippen LogP contribution < -0.4 is 100.0 Å². The van der Waals surface area contributed by atoms with Gasteiger partial charge < -0.3 is 79.2 Å². The predicted octanol–water partition coefficient (Wildman–Crippen LogP) is -20.0. The fourth-order valence-electron chi connectivity index (χ4n) is 0. The smallest absolute Gasteiger partial charge is 0.543 e. The molecular formula is C8Na2O16W-6. The third-order valence-corrected chi connectivity index (χ3v) is 0.667. The molecule has 0 amide bonds. The Balaban J connectivity index is -0.0000000381. The van der Waals surface area contributed by atoms with Crippen LogP contribution in [0.25, 0.3) is 0 Å². The molecule has 16 nitrogen and oxygen atoms in total. The minimum Gasteiger partial charge on any atom is -0.543 e. The molecule has 0 aliphatic rings. The van der Waals surface area contributed by atoms with Gasteiger partial charge in [-0.2, -0.15) is 0 Å². The van der Waals surface area contributed by atoms with E-state index in [0.29, 0.717) is 0 Å². The summed E-state index contributed by atoms with van der Waals surface area (Å²) in [6.45, 7) is 0. The van der Waals surface area contributed by atoms with Gasteiger partial charge in [0.2, 0.25) is 0 Å². The van der Waals surface area contributed by atoms with Crippen LogP contribution in [0.4, 0.5) is 0 Å². The molecule has 0 heterocycles. The van der Waals surface area contributed by atoms with E-state index in [0.717, 1.165) is 0 Å². The largest absolute Gasteiger partial charge is 1.00 e. The Bertz CT molecular complexity index is 399. The van der Waals surface area contributed by atoms with Crippen molar-refractivity contribution in [1.82, 2.24) is 0 Å². The number of carboxylic acids is 8. The fourth-order valence-corrected chi connectivity index (χ4v) is 0. The van der Waals surface area contributed by atoms with Crippen molar-refractivity contribution >= 4 is 47.8 Å². The molecular weight excluding hydrogens is 582 g/mol. The Morgan fingerprint density at radius 1 is 0.296 bits per heavy atom. The number of carbonyl (C=O) groups is 8. The second-order valence-corrected chi connectivity index (χ2v) is 2.30. The third kappa shape index (κ3) is 59.0. The van der Waals surface area contributed by atoms with E-state index in [1.165, 1.54) is 0 Å². The number of carboxylic acid groups (broad SMARTS) is 8. The monoisotopic (exact) mass is 582 g/mol. The molecule has 0 bridgehead atoms. The van der Waals surface area contributed by atoms with Gasteiger partial charge in [-0.1, -0.05) is 0 Å². The molecule has 0 aliphatic carbocycles. The minimum absolute atomic E-state index is 0. The van der Waals surface area contributed by atoms with Gasteiger partial charge in [-0.05, 0) is 0 Å². The molecule has 27 heavy (non-hydrogen) atoms. The van der Waals surface area contributed by atoms with Crippen LogP contribution in [-0.2, 0) is 59.4 Å². The summed E-state index contributed by atoms with van der Waals surface area (Å²) in [5, 5.41) is 71.4. The van der Waals surface area contributed by atoms with Crippen molar-refractivity contribution in [2.24, 2.45) is 0 Å². The quantitative estimate of drug-likeness (QED) is 0.189. The first kappa shape index (κ1) is 44.7. The average molecular weight is 582 g/mol. The summed E-state index contributed by atoms with van der Waals surface area (Å²) in [7, 11) is 0. The Labute approximate surface area is 205 Å². The molecule has 0 aliphatic heterocycles. The summed E-state index contributed by atoms with van der Waals surface area (Å²) in [5.41, 5.74) is 0. The van der Waals surface area contributed by atoms with E-state index in [1.54, 1.807) is 0 Å². The van der Waals surface area contributed by atoms with E-state index < -0.39 is 47.8 Å². The Morgan fingerprint density at radius 2 is 0.333 bits per heavy atom. The van der Waals surface area contributed by atoms with Crippen LogP contribution in [0.15, 0.2) is 0 Å². The second-order valence-electron chi connectivity index (χ2n) is 2.30. The topological polar surface area (TPSA) is 321 Å². The molecule has 0 aromatic rings. The van der Waals surface area contributed by atoms with Crippen LogP contribution in [0.2, 0.25) is 0 Å². The number of hydrogen-bond acceptors (Lipinski definition) is 16. The van der Waals surface area contributed by atoms with Crippen LogP contribution in [0.5, 0.6) is 0 Å². The SMILES string of the molecule is O=C([O-])C(=O)[O-].O=C([O-])C(=O)[O-].O=C([O-])C(=O)[O-].O=C([O-])C(=O)[O-].[Na+].[Na+].[W]. The maximum Gasteiger partial charge on any atom is 1.00 e. The van der Waals surface area contributed by atoms with Gasteiger partial charge >= 0.3 is 59.1 Å². The fraction of sp³-hybridized carbons (Fsp3) is 0. The Morgan fingerprint density at radius 3 is 0.333 bits per heavy atom. The summed E-state index contributed by atoms with van der Waals surface area (Å²) in [5.74, 6) is -17.5. The summed E-state index contributed by atoms with van der Waals surface area (Å²) >= 11 is 0. The summed E-state index contributed by atoms with van der Waals surface area (Å²) in [4.78, 5) is 71.4. The van der Waals surface area contributed by atoms with E-state index in [2.05, 4.69) is 0 Å². The minimum atomic E-state index is -2.19. The molecule has 0 N–H and O–H groups in total. The van der Waals surface area contributed by atoms with Crippen molar-refractivity contribution in [2.75, 3.05) is 0 Å². The van der Waals surface area contributed by atoms with Gasteiger partial charge in [0.15, 0.2) is 0 Å². The van der Waals surface area contributed by atoms with Gasteiger partial charge in [0.1, 0.15) is 0 Å². The number of hydrogen-bond donors (Lipinski definition) is 0. The predicted molar refractivity (Wildman–Crippen MR) is 40.1 cm³/mol. The molecule has 0 saturated heterocycles. The maximum atomic E-state index is 8.93. The van der Waals surface area contributed by atoms with Gasteiger partial charge in [0, 0.05) is 21.1 Å².